The molecule has 2 aromatic heterocycles. The second-order valence-electron chi connectivity index (χ2n) is 4.14. The van der Waals surface area contributed by atoms with Crippen LogP contribution in [-0.2, 0) is 0 Å². The number of pyridine rings is 1. The van der Waals surface area contributed by atoms with Gasteiger partial charge in [-0.05, 0) is 36.4 Å². The molecule has 3 aromatic rings. The van der Waals surface area contributed by atoms with Gasteiger partial charge in [0.1, 0.15) is 11.4 Å². The molecule has 0 bridgehead atoms. The van der Waals surface area contributed by atoms with E-state index in [1.165, 1.54) is 12.1 Å². The Hall–Kier alpha value is -2.50. The summed E-state index contributed by atoms with van der Waals surface area (Å²) in [7, 11) is 0. The van der Waals surface area contributed by atoms with Gasteiger partial charge in [0.15, 0.2) is 0 Å². The van der Waals surface area contributed by atoms with Crippen molar-refractivity contribution in [1.29, 1.82) is 0 Å². The van der Waals surface area contributed by atoms with Gasteiger partial charge in [-0.25, -0.2) is 4.98 Å². The van der Waals surface area contributed by atoms with E-state index < -0.39 is 6.36 Å². The highest BCUT2D eigenvalue weighted by atomic mass is 19.4. The van der Waals surface area contributed by atoms with Crippen LogP contribution in [0.25, 0.3) is 16.9 Å². The van der Waals surface area contributed by atoms with Crippen LogP contribution in [0, 0.1) is 0 Å². The van der Waals surface area contributed by atoms with Gasteiger partial charge in [-0.1, -0.05) is 6.07 Å². The molecule has 0 unspecified atom stereocenters. The van der Waals surface area contributed by atoms with Gasteiger partial charge in [0, 0.05) is 11.8 Å². The summed E-state index contributed by atoms with van der Waals surface area (Å²) in [4.78, 5) is 4.23. The summed E-state index contributed by atoms with van der Waals surface area (Å²) in [6.07, 6.45) is -1.16. The number of hydrogen-bond acceptors (Lipinski definition) is 2. The van der Waals surface area contributed by atoms with E-state index in [1.807, 2.05) is 28.8 Å². The molecule has 0 fully saturated rings. The lowest BCUT2D eigenvalue weighted by Crippen LogP contribution is -2.16. The highest BCUT2D eigenvalue weighted by molar-refractivity contribution is 5.64. The van der Waals surface area contributed by atoms with E-state index in [1.54, 1.807) is 18.3 Å². The number of halogens is 3. The molecule has 0 aliphatic heterocycles. The summed E-state index contributed by atoms with van der Waals surface area (Å²) in [5, 5.41) is 0. The molecule has 2 heterocycles. The number of hydrogen-bond donors (Lipinski definition) is 0. The van der Waals surface area contributed by atoms with Crippen molar-refractivity contribution >= 4 is 5.65 Å². The molecule has 3 nitrogen and oxygen atoms in total. The summed E-state index contributed by atoms with van der Waals surface area (Å²) >= 11 is 0. The molecule has 0 aliphatic carbocycles. The van der Waals surface area contributed by atoms with Gasteiger partial charge in [0.2, 0.25) is 0 Å². The zero-order chi connectivity index (χ0) is 14.2. The first-order valence-electron chi connectivity index (χ1n) is 5.81. The monoisotopic (exact) mass is 278 g/mol. The first-order chi connectivity index (χ1) is 9.53. The van der Waals surface area contributed by atoms with Crippen LogP contribution in [0.1, 0.15) is 0 Å². The van der Waals surface area contributed by atoms with Crippen LogP contribution in [0.2, 0.25) is 0 Å². The topological polar surface area (TPSA) is 26.5 Å². The predicted octanol–water partition coefficient (Wildman–Crippen LogP) is 3.90. The van der Waals surface area contributed by atoms with E-state index in [0.717, 1.165) is 16.9 Å². The molecule has 0 N–H and O–H groups in total. The summed E-state index contributed by atoms with van der Waals surface area (Å²) in [6, 6.07) is 11.3. The molecule has 0 saturated carbocycles. The van der Waals surface area contributed by atoms with Crippen LogP contribution in [0.3, 0.4) is 0 Å². The van der Waals surface area contributed by atoms with Crippen molar-refractivity contribution in [3.05, 3.63) is 54.9 Å². The molecule has 1 aromatic carbocycles. The third-order valence-corrected chi connectivity index (χ3v) is 2.80. The molecule has 3 rings (SSSR count). The van der Waals surface area contributed by atoms with Gasteiger partial charge in [-0.3, -0.25) is 4.40 Å². The average molecular weight is 278 g/mol. The summed E-state index contributed by atoms with van der Waals surface area (Å²) in [5.74, 6) is -0.241. The highest BCUT2D eigenvalue weighted by Gasteiger charge is 2.30. The lowest BCUT2D eigenvalue weighted by Gasteiger charge is -2.09. The van der Waals surface area contributed by atoms with Gasteiger partial charge in [0.05, 0.1) is 11.9 Å². The van der Waals surface area contributed by atoms with E-state index in [9.17, 15) is 13.2 Å². The second-order valence-corrected chi connectivity index (χ2v) is 4.14. The fourth-order valence-corrected chi connectivity index (χ4v) is 1.97. The van der Waals surface area contributed by atoms with Crippen LogP contribution >= 0.6 is 0 Å². The smallest absolute Gasteiger partial charge is 0.406 e. The highest BCUT2D eigenvalue weighted by Crippen LogP contribution is 2.26. The zero-order valence-electron chi connectivity index (χ0n) is 10.1. The van der Waals surface area contributed by atoms with Gasteiger partial charge >= 0.3 is 6.36 Å². The maximum atomic E-state index is 12.1. The standard InChI is InChI=1S/C14H9F3N2O/c15-14(16,17)20-11-6-4-10(5-7-11)12-9-18-13-3-1-2-8-19(12)13/h1-9H. The minimum atomic E-state index is -4.68. The van der Waals surface area contributed by atoms with Gasteiger partial charge in [-0.15, -0.1) is 13.2 Å². The minimum Gasteiger partial charge on any atom is -0.406 e. The molecule has 0 amide bonds. The number of aromatic nitrogens is 2. The third kappa shape index (κ3) is 2.45. The van der Waals surface area contributed by atoms with Gasteiger partial charge in [-0.2, -0.15) is 0 Å². The van der Waals surface area contributed by atoms with Crippen LogP contribution in [0.15, 0.2) is 54.9 Å². The van der Waals surface area contributed by atoms with Crippen molar-refractivity contribution < 1.29 is 17.9 Å². The molecule has 6 heteroatoms. The Kier molecular flexibility index (Phi) is 2.85. The molecular weight excluding hydrogens is 269 g/mol. The Morgan fingerprint density at radius 1 is 1.00 bits per heavy atom. The van der Waals surface area contributed by atoms with Crippen LogP contribution in [0.5, 0.6) is 5.75 Å². The number of imidazole rings is 1. The van der Waals surface area contributed by atoms with E-state index in [2.05, 4.69) is 9.72 Å². The Morgan fingerprint density at radius 3 is 2.45 bits per heavy atom. The molecule has 0 radical (unpaired) electrons. The molecule has 20 heavy (non-hydrogen) atoms. The van der Waals surface area contributed by atoms with E-state index >= 15 is 0 Å². The quantitative estimate of drug-likeness (QED) is 0.710. The number of rotatable bonds is 2. The number of alkyl halides is 3. The van der Waals surface area contributed by atoms with Crippen molar-refractivity contribution in [1.82, 2.24) is 9.38 Å². The molecule has 0 atom stereocenters. The molecule has 0 spiro atoms. The largest absolute Gasteiger partial charge is 0.573 e. The van der Waals surface area contributed by atoms with E-state index in [-0.39, 0.29) is 5.75 Å². The Bertz CT molecular complexity index is 732. The van der Waals surface area contributed by atoms with Crippen molar-refractivity contribution in [3.8, 4) is 17.0 Å². The van der Waals surface area contributed by atoms with Crippen molar-refractivity contribution in [3.63, 3.8) is 0 Å². The molecule has 0 saturated heterocycles. The maximum Gasteiger partial charge on any atom is 0.573 e. The lowest BCUT2D eigenvalue weighted by atomic mass is 10.1. The van der Waals surface area contributed by atoms with Crippen LogP contribution < -0.4 is 4.74 Å². The summed E-state index contributed by atoms with van der Waals surface area (Å²) < 4.78 is 42.0. The first-order valence-corrected chi connectivity index (χ1v) is 5.81. The normalized spacial score (nSPS) is 11.8. The molecule has 0 aliphatic rings. The maximum absolute atomic E-state index is 12.1. The fourth-order valence-electron chi connectivity index (χ4n) is 1.97. The zero-order valence-corrected chi connectivity index (χ0v) is 10.1. The van der Waals surface area contributed by atoms with Crippen molar-refractivity contribution in [2.75, 3.05) is 0 Å². The van der Waals surface area contributed by atoms with Gasteiger partial charge in [0.25, 0.3) is 0 Å². The van der Waals surface area contributed by atoms with Crippen LogP contribution in [0.4, 0.5) is 13.2 Å². The molecule has 102 valence electrons. The number of ether oxygens (including phenoxy) is 1. The van der Waals surface area contributed by atoms with E-state index in [4.69, 9.17) is 0 Å². The SMILES string of the molecule is FC(F)(F)Oc1ccc(-c2cnc3ccccn23)cc1. The van der Waals surface area contributed by atoms with Crippen molar-refractivity contribution in [2.45, 2.75) is 6.36 Å². The Balaban J connectivity index is 1.95. The van der Waals surface area contributed by atoms with Crippen molar-refractivity contribution in [2.24, 2.45) is 0 Å². The molecular formula is C14H9F3N2O. The number of nitrogens with zero attached hydrogens (tertiary/aromatic N) is 2. The average Bonchev–Trinajstić information content (AvgIpc) is 2.82. The first kappa shape index (κ1) is 12.5. The summed E-state index contributed by atoms with van der Waals surface area (Å²) in [6.45, 7) is 0. The van der Waals surface area contributed by atoms with Crippen LogP contribution in [-0.4, -0.2) is 15.7 Å². The number of fused-ring (bicyclic) bond motifs is 1. The third-order valence-electron chi connectivity index (χ3n) is 2.80. The Morgan fingerprint density at radius 2 is 1.75 bits per heavy atom. The minimum absolute atomic E-state index is 0.241. The fraction of sp³-hybridized carbons (Fsp3) is 0.0714. The predicted molar refractivity (Wildman–Crippen MR) is 67.3 cm³/mol. The summed E-state index contributed by atoms with van der Waals surface area (Å²) in [5.41, 5.74) is 2.34. The number of benzene rings is 1. The second kappa shape index (κ2) is 4.56. The lowest BCUT2D eigenvalue weighted by molar-refractivity contribution is -0.274. The van der Waals surface area contributed by atoms with Gasteiger partial charge < -0.3 is 4.74 Å². The van der Waals surface area contributed by atoms with E-state index in [0.29, 0.717) is 0 Å². The Labute approximate surface area is 112 Å².